The molecule has 1 aliphatic carbocycles. The van der Waals surface area contributed by atoms with Gasteiger partial charge in [-0.2, -0.15) is 4.57 Å². The second-order valence-electron chi connectivity index (χ2n) is 7.93. The van der Waals surface area contributed by atoms with E-state index in [9.17, 15) is 19.2 Å². The second kappa shape index (κ2) is 9.60. The van der Waals surface area contributed by atoms with Gasteiger partial charge < -0.3 is 4.74 Å². The Hall–Kier alpha value is -3.74. The predicted octanol–water partition coefficient (Wildman–Crippen LogP) is 3.29. The molecule has 0 aliphatic heterocycles. The molecule has 0 unspecified atom stereocenters. The van der Waals surface area contributed by atoms with E-state index in [2.05, 4.69) is 0 Å². The molecule has 0 saturated heterocycles. The molecule has 1 heterocycles. The zero-order chi connectivity index (χ0) is 22.5. The standard InChI is InChI=1S/C25H24N2O5/c28-22-15-16-26(25(31)27(22)23(29)18-9-3-1-4-10-18)21-14-8-7-13-20(21)17-32-24(30)19-11-5-2-6-12-19/h1-6,9-12,15-16,20-21H,7-8,13-14,17H2/t20-,21-/m1/s1. The third kappa shape index (κ3) is 4.46. The van der Waals surface area contributed by atoms with Crippen molar-refractivity contribution in [1.29, 1.82) is 0 Å². The fourth-order valence-electron chi connectivity index (χ4n) is 4.23. The Morgan fingerprint density at radius 2 is 1.47 bits per heavy atom. The minimum atomic E-state index is -0.669. The maximum absolute atomic E-state index is 13.2. The molecule has 2 aromatic carbocycles. The van der Waals surface area contributed by atoms with E-state index < -0.39 is 23.1 Å². The maximum Gasteiger partial charge on any atom is 0.338 e. The molecule has 0 spiro atoms. The highest BCUT2D eigenvalue weighted by atomic mass is 16.5. The number of carbonyl (C=O) groups excluding carboxylic acids is 2. The van der Waals surface area contributed by atoms with Crippen LogP contribution in [-0.4, -0.2) is 27.6 Å². The summed E-state index contributed by atoms with van der Waals surface area (Å²) < 4.78 is 7.66. The Morgan fingerprint density at radius 3 is 2.16 bits per heavy atom. The van der Waals surface area contributed by atoms with Crippen molar-refractivity contribution in [1.82, 2.24) is 9.13 Å². The molecule has 2 atom stereocenters. The van der Waals surface area contributed by atoms with Crippen LogP contribution in [0.1, 0.15) is 52.4 Å². The number of hydrogen-bond acceptors (Lipinski definition) is 5. The van der Waals surface area contributed by atoms with Gasteiger partial charge in [-0.25, -0.2) is 9.59 Å². The van der Waals surface area contributed by atoms with Gasteiger partial charge in [0.2, 0.25) is 0 Å². The smallest absolute Gasteiger partial charge is 0.338 e. The largest absolute Gasteiger partial charge is 0.462 e. The summed E-state index contributed by atoms with van der Waals surface area (Å²) in [6.07, 6.45) is 4.80. The van der Waals surface area contributed by atoms with Gasteiger partial charge in [0, 0.05) is 29.8 Å². The van der Waals surface area contributed by atoms with E-state index in [4.69, 9.17) is 4.74 Å². The van der Waals surface area contributed by atoms with E-state index in [0.29, 0.717) is 16.6 Å². The molecule has 0 bridgehead atoms. The number of rotatable bonds is 5. The van der Waals surface area contributed by atoms with Crippen LogP contribution in [0.15, 0.2) is 82.5 Å². The average molecular weight is 432 g/mol. The van der Waals surface area contributed by atoms with Crippen molar-refractivity contribution in [3.8, 4) is 0 Å². The van der Waals surface area contributed by atoms with E-state index >= 15 is 0 Å². The summed E-state index contributed by atoms with van der Waals surface area (Å²) in [5.41, 5.74) is -0.596. The fourth-order valence-corrected chi connectivity index (χ4v) is 4.23. The summed E-state index contributed by atoms with van der Waals surface area (Å²) in [6, 6.07) is 18.0. The van der Waals surface area contributed by atoms with Crippen LogP contribution in [0, 0.1) is 5.92 Å². The first-order valence-corrected chi connectivity index (χ1v) is 10.7. The zero-order valence-electron chi connectivity index (χ0n) is 17.6. The van der Waals surface area contributed by atoms with Crippen molar-refractivity contribution in [3.63, 3.8) is 0 Å². The molecule has 0 amide bonds. The first-order chi connectivity index (χ1) is 15.6. The predicted molar refractivity (Wildman–Crippen MR) is 119 cm³/mol. The number of nitrogens with zero attached hydrogens (tertiary/aromatic N) is 2. The van der Waals surface area contributed by atoms with E-state index in [0.717, 1.165) is 19.3 Å². The lowest BCUT2D eigenvalue weighted by Gasteiger charge is -2.32. The van der Waals surface area contributed by atoms with Gasteiger partial charge in [0.25, 0.3) is 11.5 Å². The van der Waals surface area contributed by atoms with Crippen LogP contribution in [0.25, 0.3) is 0 Å². The number of aromatic nitrogens is 2. The molecular formula is C25H24N2O5. The quantitative estimate of drug-likeness (QED) is 0.578. The van der Waals surface area contributed by atoms with Crippen molar-refractivity contribution < 1.29 is 14.3 Å². The molecular weight excluding hydrogens is 408 g/mol. The molecule has 1 aliphatic rings. The second-order valence-corrected chi connectivity index (χ2v) is 7.93. The number of esters is 1. The molecule has 164 valence electrons. The normalized spacial score (nSPS) is 18.1. The van der Waals surface area contributed by atoms with Gasteiger partial charge in [0.1, 0.15) is 0 Å². The highest BCUT2D eigenvalue weighted by Gasteiger charge is 2.30. The molecule has 3 aromatic rings. The minimum absolute atomic E-state index is 0.0908. The summed E-state index contributed by atoms with van der Waals surface area (Å²) in [5.74, 6) is -1.16. The first kappa shape index (κ1) is 21.5. The Kier molecular flexibility index (Phi) is 6.44. The van der Waals surface area contributed by atoms with Crippen LogP contribution in [0.4, 0.5) is 0 Å². The minimum Gasteiger partial charge on any atom is -0.462 e. The highest BCUT2D eigenvalue weighted by Crippen LogP contribution is 2.33. The number of hydrogen-bond donors (Lipinski definition) is 0. The maximum atomic E-state index is 13.2. The average Bonchev–Trinajstić information content (AvgIpc) is 2.84. The number of benzene rings is 2. The van der Waals surface area contributed by atoms with Crippen molar-refractivity contribution in [2.45, 2.75) is 31.7 Å². The van der Waals surface area contributed by atoms with Gasteiger partial charge in [-0.3, -0.25) is 14.2 Å². The molecule has 0 radical (unpaired) electrons. The Bertz CT molecular complexity index is 1210. The molecule has 1 saturated carbocycles. The van der Waals surface area contributed by atoms with Crippen LogP contribution >= 0.6 is 0 Å². The lowest BCUT2D eigenvalue weighted by molar-refractivity contribution is 0.0347. The summed E-state index contributed by atoms with van der Waals surface area (Å²) in [6.45, 7) is 0.163. The number of ether oxygens (including phenoxy) is 1. The van der Waals surface area contributed by atoms with Crippen molar-refractivity contribution in [3.05, 3.63) is 105 Å². The Morgan fingerprint density at radius 1 is 0.844 bits per heavy atom. The molecule has 7 heteroatoms. The van der Waals surface area contributed by atoms with E-state index in [1.54, 1.807) is 54.6 Å². The Labute approximate surface area is 184 Å². The van der Waals surface area contributed by atoms with Crippen molar-refractivity contribution in [2.24, 2.45) is 5.92 Å². The first-order valence-electron chi connectivity index (χ1n) is 10.7. The lowest BCUT2D eigenvalue weighted by Crippen LogP contribution is -2.46. The SMILES string of the molecule is O=C(OC[C@H]1CCCC[C@H]1n1ccc(=O)n(C(=O)c2ccccc2)c1=O)c1ccccc1. The van der Waals surface area contributed by atoms with Gasteiger partial charge in [0.05, 0.1) is 12.2 Å². The highest BCUT2D eigenvalue weighted by molar-refractivity contribution is 5.95. The summed E-state index contributed by atoms with van der Waals surface area (Å²) in [5, 5.41) is 0. The van der Waals surface area contributed by atoms with E-state index in [1.807, 2.05) is 6.07 Å². The number of carbonyl (C=O) groups is 2. The monoisotopic (exact) mass is 432 g/mol. The van der Waals surface area contributed by atoms with Crippen LogP contribution in [0.5, 0.6) is 0 Å². The lowest BCUT2D eigenvalue weighted by atomic mass is 9.85. The molecule has 0 N–H and O–H groups in total. The molecule has 1 fully saturated rings. The third-order valence-electron chi connectivity index (χ3n) is 5.90. The van der Waals surface area contributed by atoms with Gasteiger partial charge in [-0.1, -0.05) is 49.2 Å². The van der Waals surface area contributed by atoms with Crippen LogP contribution in [0.3, 0.4) is 0 Å². The summed E-state index contributed by atoms with van der Waals surface area (Å²) in [7, 11) is 0. The van der Waals surface area contributed by atoms with Gasteiger partial charge in [0.15, 0.2) is 0 Å². The fraction of sp³-hybridized carbons (Fsp3) is 0.280. The van der Waals surface area contributed by atoms with Gasteiger partial charge >= 0.3 is 11.7 Å². The summed E-state index contributed by atoms with van der Waals surface area (Å²) in [4.78, 5) is 50.8. The van der Waals surface area contributed by atoms with E-state index in [-0.39, 0.29) is 24.1 Å². The summed E-state index contributed by atoms with van der Waals surface area (Å²) >= 11 is 0. The molecule has 32 heavy (non-hydrogen) atoms. The Balaban J connectivity index is 1.60. The van der Waals surface area contributed by atoms with Crippen molar-refractivity contribution >= 4 is 11.9 Å². The van der Waals surface area contributed by atoms with Gasteiger partial charge in [-0.05, 0) is 37.1 Å². The third-order valence-corrected chi connectivity index (χ3v) is 5.90. The van der Waals surface area contributed by atoms with Gasteiger partial charge in [-0.15, -0.1) is 0 Å². The molecule has 7 nitrogen and oxygen atoms in total. The van der Waals surface area contributed by atoms with E-state index in [1.165, 1.54) is 16.8 Å². The zero-order valence-corrected chi connectivity index (χ0v) is 17.6. The topological polar surface area (TPSA) is 87.4 Å². The molecule has 1 aromatic heterocycles. The van der Waals surface area contributed by atoms with Crippen molar-refractivity contribution in [2.75, 3.05) is 6.61 Å². The van der Waals surface area contributed by atoms with Crippen LogP contribution in [0.2, 0.25) is 0 Å². The van der Waals surface area contributed by atoms with Crippen LogP contribution in [-0.2, 0) is 4.74 Å². The van der Waals surface area contributed by atoms with Crippen LogP contribution < -0.4 is 11.2 Å². The molecule has 4 rings (SSSR count).